The number of piperidine rings is 1. The molecular weight excluding hydrogens is 298 g/mol. The lowest BCUT2D eigenvalue weighted by Crippen LogP contribution is -2.40. The first-order valence-corrected chi connectivity index (χ1v) is 9.11. The van der Waals surface area contributed by atoms with Gasteiger partial charge in [0.15, 0.2) is 0 Å². The van der Waals surface area contributed by atoms with Gasteiger partial charge in [0.2, 0.25) is 5.91 Å². The van der Waals surface area contributed by atoms with Gasteiger partial charge in [-0.2, -0.15) is 0 Å². The van der Waals surface area contributed by atoms with Crippen molar-refractivity contribution in [3.63, 3.8) is 0 Å². The summed E-state index contributed by atoms with van der Waals surface area (Å²) >= 11 is 0. The van der Waals surface area contributed by atoms with Crippen molar-refractivity contribution in [3.8, 4) is 0 Å². The Labute approximate surface area is 143 Å². The average molecular weight is 323 g/mol. The van der Waals surface area contributed by atoms with E-state index in [-0.39, 0.29) is 6.04 Å². The van der Waals surface area contributed by atoms with Crippen LogP contribution in [0.3, 0.4) is 0 Å². The highest BCUT2D eigenvalue weighted by Crippen LogP contribution is 2.33. The summed E-state index contributed by atoms with van der Waals surface area (Å²) in [6, 6.07) is 8.34. The van der Waals surface area contributed by atoms with E-state index in [1.54, 1.807) is 0 Å². The fourth-order valence-corrected chi connectivity index (χ4v) is 4.17. The van der Waals surface area contributed by atoms with Crippen LogP contribution in [-0.2, 0) is 11.8 Å². The maximum absolute atomic E-state index is 12.9. The van der Waals surface area contributed by atoms with Crippen molar-refractivity contribution in [2.75, 3.05) is 6.54 Å². The Morgan fingerprint density at radius 2 is 2.12 bits per heavy atom. The van der Waals surface area contributed by atoms with Gasteiger partial charge in [0.05, 0.1) is 17.1 Å². The first-order chi connectivity index (χ1) is 11.7. The Hall–Kier alpha value is -2.10. The largest absolute Gasteiger partial charge is 0.332 e. The van der Waals surface area contributed by atoms with E-state index < -0.39 is 0 Å². The van der Waals surface area contributed by atoms with Crippen LogP contribution in [0.15, 0.2) is 36.4 Å². The van der Waals surface area contributed by atoms with Crippen molar-refractivity contribution in [2.45, 2.75) is 44.6 Å². The molecule has 1 fully saturated rings. The summed E-state index contributed by atoms with van der Waals surface area (Å²) in [5.41, 5.74) is 2.16. The van der Waals surface area contributed by atoms with Crippen LogP contribution in [0, 0.1) is 5.92 Å². The minimum atomic E-state index is 0.119. The lowest BCUT2D eigenvalue weighted by Gasteiger charge is -2.36. The maximum Gasteiger partial charge on any atom is 0.223 e. The van der Waals surface area contributed by atoms with Crippen molar-refractivity contribution in [1.82, 2.24) is 14.5 Å². The molecule has 4 nitrogen and oxygen atoms in total. The Morgan fingerprint density at radius 3 is 2.92 bits per heavy atom. The van der Waals surface area contributed by atoms with E-state index >= 15 is 0 Å². The summed E-state index contributed by atoms with van der Waals surface area (Å²) in [4.78, 5) is 19.9. The molecule has 0 saturated carbocycles. The van der Waals surface area contributed by atoms with Gasteiger partial charge in [-0.3, -0.25) is 4.79 Å². The third-order valence-electron chi connectivity index (χ3n) is 5.49. The molecule has 1 aromatic heterocycles. The van der Waals surface area contributed by atoms with Gasteiger partial charge >= 0.3 is 0 Å². The highest BCUT2D eigenvalue weighted by molar-refractivity contribution is 5.78. The summed E-state index contributed by atoms with van der Waals surface area (Å²) in [5.74, 6) is 1.76. The molecule has 1 aliphatic carbocycles. The lowest BCUT2D eigenvalue weighted by molar-refractivity contribution is -0.136. The van der Waals surface area contributed by atoms with Gasteiger partial charge in [-0.25, -0.2) is 4.98 Å². The Kier molecular flexibility index (Phi) is 4.13. The molecule has 1 aliphatic heterocycles. The molecule has 0 radical (unpaired) electrons. The number of carbonyl (C=O) groups excluding carboxylic acids is 1. The molecule has 2 aromatic rings. The molecule has 1 amide bonds. The first kappa shape index (κ1) is 15.4. The van der Waals surface area contributed by atoms with E-state index in [0.717, 1.165) is 49.1 Å². The molecule has 0 N–H and O–H groups in total. The summed E-state index contributed by atoms with van der Waals surface area (Å²) in [7, 11) is 2.07. The number of amides is 1. The van der Waals surface area contributed by atoms with Gasteiger partial charge in [-0.05, 0) is 50.2 Å². The number of carbonyl (C=O) groups is 1. The molecule has 0 unspecified atom stereocenters. The molecular formula is C20H25N3O. The number of likely N-dealkylation sites (tertiary alicyclic amines) is 1. The summed E-state index contributed by atoms with van der Waals surface area (Å²) in [6.45, 7) is 0.864. The zero-order chi connectivity index (χ0) is 16.5. The standard InChI is InChI=1S/C20H25N3O/c1-22-17-11-5-4-10-16(17)21-20(22)18-12-6-7-13-23(18)19(24)14-15-8-2-3-9-15/h2,4-5,8,10-11,15,18H,3,6-7,9,12-14H2,1H3/t15-,18-/m1/s1. The summed E-state index contributed by atoms with van der Waals surface area (Å²) in [5, 5.41) is 0. The number of hydrogen-bond acceptors (Lipinski definition) is 2. The van der Waals surface area contributed by atoms with Gasteiger partial charge in [-0.1, -0.05) is 24.3 Å². The second-order valence-corrected chi connectivity index (χ2v) is 7.09. The Morgan fingerprint density at radius 1 is 1.25 bits per heavy atom. The topological polar surface area (TPSA) is 38.1 Å². The van der Waals surface area contributed by atoms with Crippen molar-refractivity contribution < 1.29 is 4.79 Å². The number of allylic oxidation sites excluding steroid dienone is 2. The smallest absolute Gasteiger partial charge is 0.223 e. The van der Waals surface area contributed by atoms with Crippen LogP contribution in [0.2, 0.25) is 0 Å². The molecule has 2 heterocycles. The van der Waals surface area contributed by atoms with Crippen molar-refractivity contribution in [1.29, 1.82) is 0 Å². The van der Waals surface area contributed by atoms with E-state index in [4.69, 9.17) is 4.98 Å². The van der Waals surface area contributed by atoms with Crippen molar-refractivity contribution in [2.24, 2.45) is 13.0 Å². The molecule has 4 rings (SSSR count). The third-order valence-corrected chi connectivity index (χ3v) is 5.49. The zero-order valence-electron chi connectivity index (χ0n) is 14.3. The van der Waals surface area contributed by atoms with Gasteiger partial charge in [-0.15, -0.1) is 0 Å². The number of nitrogens with zero attached hydrogens (tertiary/aromatic N) is 3. The molecule has 1 saturated heterocycles. The van der Waals surface area contributed by atoms with Crippen LogP contribution in [0.1, 0.15) is 50.4 Å². The monoisotopic (exact) mass is 323 g/mol. The Balaban J connectivity index is 1.62. The predicted octanol–water partition coefficient (Wildman–Crippen LogP) is 3.98. The second kappa shape index (κ2) is 6.42. The quantitative estimate of drug-likeness (QED) is 0.801. The van der Waals surface area contributed by atoms with Crippen molar-refractivity contribution >= 4 is 16.9 Å². The molecule has 1 aromatic carbocycles. The molecule has 0 spiro atoms. The van der Waals surface area contributed by atoms with Gasteiger partial charge in [0.1, 0.15) is 5.82 Å². The summed E-state index contributed by atoms with van der Waals surface area (Å²) < 4.78 is 2.17. The van der Waals surface area contributed by atoms with E-state index in [0.29, 0.717) is 18.2 Å². The number of rotatable bonds is 3. The molecule has 24 heavy (non-hydrogen) atoms. The van der Waals surface area contributed by atoms with Crippen LogP contribution < -0.4 is 0 Å². The van der Waals surface area contributed by atoms with Crippen LogP contribution in [0.25, 0.3) is 11.0 Å². The molecule has 0 bridgehead atoms. The van der Waals surface area contributed by atoms with E-state index in [9.17, 15) is 4.79 Å². The SMILES string of the molecule is Cn1c([C@H]2CCCCN2C(=O)C[C@@H]2C=CCC2)nc2ccccc21. The fourth-order valence-electron chi connectivity index (χ4n) is 4.17. The minimum absolute atomic E-state index is 0.119. The maximum atomic E-state index is 12.9. The van der Waals surface area contributed by atoms with Gasteiger partial charge in [0.25, 0.3) is 0 Å². The van der Waals surface area contributed by atoms with Crippen LogP contribution in [-0.4, -0.2) is 26.9 Å². The second-order valence-electron chi connectivity index (χ2n) is 7.09. The average Bonchev–Trinajstić information content (AvgIpc) is 3.23. The number of aryl methyl sites for hydroxylation is 1. The molecule has 126 valence electrons. The highest BCUT2D eigenvalue weighted by atomic mass is 16.2. The van der Waals surface area contributed by atoms with Crippen LogP contribution in [0.5, 0.6) is 0 Å². The molecule has 2 atom stereocenters. The van der Waals surface area contributed by atoms with Gasteiger partial charge < -0.3 is 9.47 Å². The van der Waals surface area contributed by atoms with E-state index in [1.807, 2.05) is 12.1 Å². The van der Waals surface area contributed by atoms with Crippen LogP contribution in [0.4, 0.5) is 0 Å². The van der Waals surface area contributed by atoms with Gasteiger partial charge in [0, 0.05) is 20.0 Å². The normalized spacial score (nSPS) is 24.0. The fraction of sp³-hybridized carbons (Fsp3) is 0.500. The highest BCUT2D eigenvalue weighted by Gasteiger charge is 2.32. The van der Waals surface area contributed by atoms with E-state index in [2.05, 4.69) is 40.8 Å². The summed E-state index contributed by atoms with van der Waals surface area (Å²) in [6.07, 6.45) is 10.6. The number of imidazole rings is 1. The number of hydrogen-bond donors (Lipinski definition) is 0. The third kappa shape index (κ3) is 2.74. The number of aromatic nitrogens is 2. The number of para-hydroxylation sites is 2. The molecule has 2 aliphatic rings. The zero-order valence-corrected chi connectivity index (χ0v) is 14.3. The number of benzene rings is 1. The molecule has 4 heteroatoms. The Bertz CT molecular complexity index is 776. The minimum Gasteiger partial charge on any atom is -0.332 e. The predicted molar refractivity (Wildman–Crippen MR) is 95.5 cm³/mol. The first-order valence-electron chi connectivity index (χ1n) is 9.11. The lowest BCUT2D eigenvalue weighted by atomic mass is 9.98. The van der Waals surface area contributed by atoms with Crippen molar-refractivity contribution in [3.05, 3.63) is 42.2 Å². The number of fused-ring (bicyclic) bond motifs is 1. The van der Waals surface area contributed by atoms with E-state index in [1.165, 1.54) is 6.42 Å². The van der Waals surface area contributed by atoms with Crippen LogP contribution >= 0.6 is 0 Å².